The molecule has 224 valence electrons. The molecule has 0 aliphatic carbocycles. The zero-order valence-corrected chi connectivity index (χ0v) is 24.9. The number of hydrogen-bond acceptors (Lipinski definition) is 3. The molecular formula is C36H41N3O4. The third kappa shape index (κ3) is 8.67. The predicted molar refractivity (Wildman–Crippen MR) is 171 cm³/mol. The molecule has 1 unspecified atom stereocenters. The quantitative estimate of drug-likeness (QED) is 0.174. The van der Waals surface area contributed by atoms with Gasteiger partial charge in [-0.1, -0.05) is 117 Å². The molecule has 0 saturated heterocycles. The summed E-state index contributed by atoms with van der Waals surface area (Å²) in [6, 6.07) is 32.4. The summed E-state index contributed by atoms with van der Waals surface area (Å²) in [6.07, 6.45) is 1.29. The first-order valence-corrected chi connectivity index (χ1v) is 14.8. The maximum absolute atomic E-state index is 14.0. The van der Waals surface area contributed by atoms with Gasteiger partial charge in [0.05, 0.1) is 5.92 Å². The standard InChI is InChI=1S/C36H41N3O4/c1-26(2)24-39(25-32(33(37)40)20-17-27-11-5-3-6-12-27)35(43)38-36(34(41)42,22-28-13-7-4-8-14-28)23-29-18-19-30-15-9-10-16-31(30)21-29/h3-16,18-19,21,26,32H,17,20,22-25H2,1-2H3,(H2,37,40)(H,38,43)(H,41,42)/t32?,36-/m0/s1. The molecular weight excluding hydrogens is 538 g/mol. The summed E-state index contributed by atoms with van der Waals surface area (Å²) in [6.45, 7) is 4.40. The monoisotopic (exact) mass is 579 g/mol. The minimum absolute atomic E-state index is 0.0799. The highest BCUT2D eigenvalue weighted by molar-refractivity contribution is 5.88. The number of nitrogens with zero attached hydrogens (tertiary/aromatic N) is 1. The van der Waals surface area contributed by atoms with Crippen molar-refractivity contribution < 1.29 is 19.5 Å². The zero-order chi connectivity index (χ0) is 30.8. The number of nitrogens with two attached hydrogens (primary N) is 1. The van der Waals surface area contributed by atoms with E-state index < -0.39 is 29.4 Å². The van der Waals surface area contributed by atoms with E-state index in [1.54, 1.807) is 4.90 Å². The number of amides is 3. The van der Waals surface area contributed by atoms with Crippen LogP contribution in [-0.2, 0) is 28.9 Å². The Morgan fingerprint density at radius 2 is 1.35 bits per heavy atom. The Morgan fingerprint density at radius 1 is 0.767 bits per heavy atom. The Hall–Kier alpha value is -4.65. The number of carboxylic acid groups (broad SMARTS) is 1. The van der Waals surface area contributed by atoms with E-state index in [4.69, 9.17) is 5.73 Å². The van der Waals surface area contributed by atoms with Crippen LogP contribution in [0.5, 0.6) is 0 Å². The molecule has 0 heterocycles. The van der Waals surface area contributed by atoms with Crippen molar-refractivity contribution in [3.8, 4) is 0 Å². The average molecular weight is 580 g/mol. The second-order valence-corrected chi connectivity index (χ2v) is 11.8. The lowest BCUT2D eigenvalue weighted by Gasteiger charge is -2.35. The van der Waals surface area contributed by atoms with Crippen LogP contribution in [0, 0.1) is 11.8 Å². The number of carbonyl (C=O) groups is 3. The highest BCUT2D eigenvalue weighted by Crippen LogP contribution is 2.25. The van der Waals surface area contributed by atoms with Gasteiger partial charge in [0.2, 0.25) is 5.91 Å². The average Bonchev–Trinajstić information content (AvgIpc) is 2.99. The van der Waals surface area contributed by atoms with Gasteiger partial charge in [0.25, 0.3) is 0 Å². The molecule has 0 aliphatic heterocycles. The highest BCUT2D eigenvalue weighted by atomic mass is 16.4. The summed E-state index contributed by atoms with van der Waals surface area (Å²) in [7, 11) is 0. The van der Waals surface area contributed by atoms with Gasteiger partial charge in [-0.15, -0.1) is 0 Å². The molecule has 43 heavy (non-hydrogen) atoms. The molecule has 3 amide bonds. The molecule has 4 aromatic rings. The molecule has 7 heteroatoms. The van der Waals surface area contributed by atoms with E-state index in [-0.39, 0.29) is 25.3 Å². The summed E-state index contributed by atoms with van der Waals surface area (Å²) in [5.74, 6) is -2.11. The predicted octanol–water partition coefficient (Wildman–Crippen LogP) is 5.85. The Morgan fingerprint density at radius 3 is 1.95 bits per heavy atom. The number of fused-ring (bicyclic) bond motifs is 1. The van der Waals surface area contributed by atoms with Crippen LogP contribution in [0.15, 0.2) is 103 Å². The summed E-state index contributed by atoms with van der Waals surface area (Å²) >= 11 is 0. The van der Waals surface area contributed by atoms with Crippen LogP contribution in [0.1, 0.15) is 37.0 Å². The summed E-state index contributed by atoms with van der Waals surface area (Å²) in [5.41, 5.74) is 6.85. The summed E-state index contributed by atoms with van der Waals surface area (Å²) in [4.78, 5) is 41.2. The largest absolute Gasteiger partial charge is 0.479 e. The number of nitrogens with one attached hydrogen (secondary N) is 1. The Kier molecular flexibility index (Phi) is 10.5. The number of hydrogen-bond donors (Lipinski definition) is 3. The number of carbonyl (C=O) groups excluding carboxylic acids is 2. The van der Waals surface area contributed by atoms with E-state index in [2.05, 4.69) is 5.32 Å². The van der Waals surface area contributed by atoms with Crippen molar-refractivity contribution in [1.82, 2.24) is 10.2 Å². The van der Waals surface area contributed by atoms with Crippen LogP contribution in [0.4, 0.5) is 4.79 Å². The van der Waals surface area contributed by atoms with Gasteiger partial charge in [-0.2, -0.15) is 0 Å². The first kappa shape index (κ1) is 31.3. The van der Waals surface area contributed by atoms with Gasteiger partial charge < -0.3 is 21.1 Å². The van der Waals surface area contributed by atoms with E-state index in [0.717, 1.165) is 27.5 Å². The Balaban J connectivity index is 1.63. The van der Waals surface area contributed by atoms with Crippen LogP contribution in [0.3, 0.4) is 0 Å². The number of urea groups is 1. The normalized spacial score (nSPS) is 13.3. The fourth-order valence-electron chi connectivity index (χ4n) is 5.54. The summed E-state index contributed by atoms with van der Waals surface area (Å²) < 4.78 is 0. The zero-order valence-electron chi connectivity index (χ0n) is 24.9. The van der Waals surface area contributed by atoms with Crippen LogP contribution in [0.25, 0.3) is 10.8 Å². The lowest BCUT2D eigenvalue weighted by atomic mass is 9.84. The molecule has 0 aromatic heterocycles. The lowest BCUT2D eigenvalue weighted by molar-refractivity contribution is -0.144. The van der Waals surface area contributed by atoms with Crippen LogP contribution < -0.4 is 11.1 Å². The maximum Gasteiger partial charge on any atom is 0.330 e. The minimum atomic E-state index is -1.64. The van der Waals surface area contributed by atoms with Gasteiger partial charge in [-0.05, 0) is 46.2 Å². The molecule has 0 saturated carbocycles. The number of carboxylic acids is 1. The van der Waals surface area contributed by atoms with Gasteiger partial charge in [-0.25, -0.2) is 9.59 Å². The van der Waals surface area contributed by atoms with E-state index >= 15 is 0 Å². The Labute approximate surface area is 253 Å². The number of benzene rings is 4. The Bertz CT molecular complexity index is 1520. The number of aryl methyl sites for hydroxylation is 1. The smallest absolute Gasteiger partial charge is 0.330 e. The van der Waals surface area contributed by atoms with Gasteiger partial charge in [0, 0.05) is 25.9 Å². The molecule has 4 rings (SSSR count). The topological polar surface area (TPSA) is 113 Å². The fourth-order valence-corrected chi connectivity index (χ4v) is 5.54. The van der Waals surface area contributed by atoms with Crippen molar-refractivity contribution in [1.29, 1.82) is 0 Å². The lowest BCUT2D eigenvalue weighted by Crippen LogP contribution is -2.61. The molecule has 2 atom stereocenters. The maximum atomic E-state index is 14.0. The number of rotatable bonds is 14. The van der Waals surface area contributed by atoms with Crippen molar-refractivity contribution in [2.24, 2.45) is 17.6 Å². The van der Waals surface area contributed by atoms with Crippen molar-refractivity contribution in [3.63, 3.8) is 0 Å². The van der Waals surface area contributed by atoms with Gasteiger partial charge in [0.1, 0.15) is 5.54 Å². The minimum Gasteiger partial charge on any atom is -0.479 e. The second-order valence-electron chi connectivity index (χ2n) is 11.8. The third-order valence-electron chi connectivity index (χ3n) is 7.76. The van der Waals surface area contributed by atoms with E-state index in [0.29, 0.717) is 19.4 Å². The first-order valence-electron chi connectivity index (χ1n) is 14.8. The van der Waals surface area contributed by atoms with Gasteiger partial charge >= 0.3 is 12.0 Å². The fraction of sp³-hybridized carbons (Fsp3) is 0.306. The molecule has 0 radical (unpaired) electrons. The summed E-state index contributed by atoms with van der Waals surface area (Å²) in [5, 5.41) is 15.7. The van der Waals surface area contributed by atoms with Crippen molar-refractivity contribution >= 4 is 28.7 Å². The van der Waals surface area contributed by atoms with Crippen LogP contribution >= 0.6 is 0 Å². The SMILES string of the molecule is CC(C)CN(CC(CCc1ccccc1)C(N)=O)C(=O)N[C@@](Cc1ccccc1)(Cc1ccc2ccccc2c1)C(=O)O. The first-order chi connectivity index (χ1) is 20.6. The van der Waals surface area contributed by atoms with Gasteiger partial charge in [-0.3, -0.25) is 4.79 Å². The van der Waals surface area contributed by atoms with Gasteiger partial charge in [0.15, 0.2) is 0 Å². The van der Waals surface area contributed by atoms with Crippen molar-refractivity contribution in [2.45, 2.75) is 45.1 Å². The van der Waals surface area contributed by atoms with E-state index in [9.17, 15) is 19.5 Å². The molecule has 7 nitrogen and oxygen atoms in total. The highest BCUT2D eigenvalue weighted by Gasteiger charge is 2.42. The molecule has 0 aliphatic rings. The van der Waals surface area contributed by atoms with Crippen molar-refractivity contribution in [3.05, 3.63) is 120 Å². The van der Waals surface area contributed by atoms with Crippen molar-refractivity contribution in [2.75, 3.05) is 13.1 Å². The number of primary amides is 1. The molecule has 0 spiro atoms. The van der Waals surface area contributed by atoms with E-state index in [1.165, 1.54) is 0 Å². The third-order valence-corrected chi connectivity index (χ3v) is 7.76. The van der Waals surface area contributed by atoms with E-state index in [1.807, 2.05) is 117 Å². The second kappa shape index (κ2) is 14.5. The molecule has 0 bridgehead atoms. The molecule has 0 fully saturated rings. The van der Waals surface area contributed by atoms with Crippen LogP contribution in [0.2, 0.25) is 0 Å². The molecule has 4 N–H and O–H groups in total. The molecule has 4 aromatic carbocycles. The number of aliphatic carboxylic acids is 1. The van der Waals surface area contributed by atoms with Crippen LogP contribution in [-0.4, -0.2) is 46.5 Å².